The van der Waals surface area contributed by atoms with Gasteiger partial charge in [-0.2, -0.15) is 5.10 Å². The summed E-state index contributed by atoms with van der Waals surface area (Å²) in [5.74, 6) is 0.546. The smallest absolute Gasteiger partial charge is 0.254 e. The zero-order chi connectivity index (χ0) is 24.6. The van der Waals surface area contributed by atoms with E-state index in [1.54, 1.807) is 13.3 Å². The van der Waals surface area contributed by atoms with Crippen molar-refractivity contribution in [3.63, 3.8) is 0 Å². The van der Waals surface area contributed by atoms with Crippen LogP contribution in [0.25, 0.3) is 11.1 Å². The van der Waals surface area contributed by atoms with Gasteiger partial charge in [-0.05, 0) is 48.6 Å². The fourth-order valence-electron chi connectivity index (χ4n) is 5.40. The molecule has 0 radical (unpaired) electrons. The third-order valence-corrected chi connectivity index (χ3v) is 7.31. The number of aryl methyl sites for hydroxylation is 1. The molecular formula is C26H30N6O4. The van der Waals surface area contributed by atoms with Crippen LogP contribution in [0.2, 0.25) is 0 Å². The molecule has 1 saturated heterocycles. The maximum absolute atomic E-state index is 12.8. The molecule has 1 aromatic carbocycles. The molecule has 0 bridgehead atoms. The lowest BCUT2D eigenvalue weighted by molar-refractivity contribution is -0.140. The van der Waals surface area contributed by atoms with Crippen LogP contribution in [0.5, 0.6) is 0 Å². The fourth-order valence-corrected chi connectivity index (χ4v) is 5.40. The number of nitrogens with zero attached hydrogens (tertiary/aromatic N) is 4. The second-order valence-corrected chi connectivity index (χ2v) is 9.40. The van der Waals surface area contributed by atoms with Crippen molar-refractivity contribution in [3.8, 4) is 11.1 Å². The Labute approximate surface area is 209 Å². The minimum absolute atomic E-state index is 0.0232. The number of rotatable bonds is 6. The van der Waals surface area contributed by atoms with Crippen molar-refractivity contribution in [2.75, 3.05) is 37.1 Å². The highest BCUT2D eigenvalue weighted by atomic mass is 16.7. The Kier molecular flexibility index (Phi) is 6.08. The van der Waals surface area contributed by atoms with E-state index in [2.05, 4.69) is 31.5 Å². The van der Waals surface area contributed by atoms with E-state index in [1.165, 1.54) is 5.69 Å². The molecule has 0 spiro atoms. The predicted octanol–water partition coefficient (Wildman–Crippen LogP) is 2.44. The van der Waals surface area contributed by atoms with Crippen LogP contribution >= 0.6 is 0 Å². The van der Waals surface area contributed by atoms with Crippen LogP contribution in [0.15, 0.2) is 36.7 Å². The Balaban J connectivity index is 1.27. The van der Waals surface area contributed by atoms with Crippen molar-refractivity contribution in [2.24, 2.45) is 0 Å². The van der Waals surface area contributed by atoms with Gasteiger partial charge in [0.2, 0.25) is 0 Å². The number of aromatic nitrogens is 3. The number of anilines is 3. The van der Waals surface area contributed by atoms with Gasteiger partial charge in [-0.25, -0.2) is 4.98 Å². The quantitative estimate of drug-likeness (QED) is 0.483. The van der Waals surface area contributed by atoms with E-state index in [0.29, 0.717) is 31.1 Å². The van der Waals surface area contributed by atoms with E-state index in [9.17, 15) is 9.90 Å². The Morgan fingerprint density at radius 3 is 2.94 bits per heavy atom. The van der Waals surface area contributed by atoms with E-state index >= 15 is 0 Å². The van der Waals surface area contributed by atoms with Crippen LogP contribution in [0.4, 0.5) is 17.2 Å². The molecule has 0 saturated carbocycles. The van der Waals surface area contributed by atoms with Gasteiger partial charge < -0.3 is 30.1 Å². The number of carbonyl (C=O) groups excluding carboxylic acids is 1. The Morgan fingerprint density at radius 1 is 1.22 bits per heavy atom. The largest absolute Gasteiger partial charge is 0.394 e. The van der Waals surface area contributed by atoms with Crippen LogP contribution < -0.4 is 15.5 Å². The fraction of sp³-hybridized carbons (Fsp3) is 0.423. The molecule has 3 aliphatic rings. The number of hydrogen-bond acceptors (Lipinski definition) is 8. The summed E-state index contributed by atoms with van der Waals surface area (Å²) in [5, 5.41) is 20.7. The maximum atomic E-state index is 12.8. The summed E-state index contributed by atoms with van der Waals surface area (Å²) in [6.45, 7) is 2.31. The molecule has 6 rings (SSSR count). The standard InChI is InChI=1S/C26H30N6O4/c1-35-24-13-31(17(14-33)15-36-24)16-5-8-23(27-10-16)30-21-7-6-18(20-11-28-26(34)25(20)21)19-12-29-32-9-3-2-4-22(19)32/h5-8,10,12,17,24,33H,2-4,9,11,13-15H2,1H3,(H,27,30)(H,28,34)/t17-,24-/m1/s1. The molecule has 188 valence electrons. The van der Waals surface area contributed by atoms with Gasteiger partial charge in [0, 0.05) is 31.5 Å². The molecule has 10 nitrogen and oxygen atoms in total. The molecule has 3 N–H and O–H groups in total. The third kappa shape index (κ3) is 4.01. The summed E-state index contributed by atoms with van der Waals surface area (Å²) in [6, 6.07) is 7.69. The Hall–Kier alpha value is -3.47. The van der Waals surface area contributed by atoms with Crippen molar-refractivity contribution >= 4 is 23.1 Å². The average Bonchev–Trinajstić information content (AvgIpc) is 3.53. The number of amides is 1. The second kappa shape index (κ2) is 9.53. The van der Waals surface area contributed by atoms with Gasteiger partial charge in [0.15, 0.2) is 6.29 Å². The summed E-state index contributed by atoms with van der Waals surface area (Å²) in [4.78, 5) is 19.5. The van der Waals surface area contributed by atoms with Gasteiger partial charge in [0.05, 0.1) is 55.1 Å². The van der Waals surface area contributed by atoms with E-state index in [-0.39, 0.29) is 24.8 Å². The molecule has 0 aliphatic carbocycles. The number of fused-ring (bicyclic) bond motifs is 2. The van der Waals surface area contributed by atoms with Gasteiger partial charge in [-0.15, -0.1) is 0 Å². The van der Waals surface area contributed by atoms with Gasteiger partial charge in [0.25, 0.3) is 5.91 Å². The topological polar surface area (TPSA) is 114 Å². The van der Waals surface area contributed by atoms with Crippen LogP contribution in [-0.4, -0.2) is 65.0 Å². The molecule has 1 fully saturated rings. The number of nitrogens with one attached hydrogen (secondary N) is 2. The molecule has 3 aliphatic heterocycles. The molecule has 3 aromatic rings. The van der Waals surface area contributed by atoms with Crippen molar-refractivity contribution < 1.29 is 19.4 Å². The number of pyridine rings is 1. The minimum atomic E-state index is -0.355. The first-order valence-corrected chi connectivity index (χ1v) is 12.4. The van der Waals surface area contributed by atoms with Gasteiger partial charge >= 0.3 is 0 Å². The summed E-state index contributed by atoms with van der Waals surface area (Å²) in [6.07, 6.45) is 6.66. The van der Waals surface area contributed by atoms with Gasteiger partial charge in [-0.3, -0.25) is 9.48 Å². The maximum Gasteiger partial charge on any atom is 0.254 e. The summed E-state index contributed by atoms with van der Waals surface area (Å²) >= 11 is 0. The van der Waals surface area contributed by atoms with E-state index < -0.39 is 0 Å². The molecule has 1 amide bonds. The number of ether oxygens (including phenoxy) is 2. The van der Waals surface area contributed by atoms with Gasteiger partial charge in [-0.1, -0.05) is 6.07 Å². The van der Waals surface area contributed by atoms with Crippen molar-refractivity contribution in [1.29, 1.82) is 0 Å². The minimum Gasteiger partial charge on any atom is -0.394 e. The molecule has 2 aromatic heterocycles. The first kappa shape index (κ1) is 23.0. The lowest BCUT2D eigenvalue weighted by Gasteiger charge is -2.39. The first-order chi connectivity index (χ1) is 17.7. The van der Waals surface area contributed by atoms with Crippen LogP contribution in [0, 0.1) is 0 Å². The predicted molar refractivity (Wildman–Crippen MR) is 134 cm³/mol. The molecule has 36 heavy (non-hydrogen) atoms. The highest BCUT2D eigenvalue weighted by Gasteiger charge is 2.30. The normalized spacial score (nSPS) is 21.2. The van der Waals surface area contributed by atoms with E-state index in [0.717, 1.165) is 53.9 Å². The number of carbonyl (C=O) groups is 1. The number of aliphatic hydroxyl groups is 1. The van der Waals surface area contributed by atoms with Crippen molar-refractivity contribution in [3.05, 3.63) is 53.5 Å². The number of morpholine rings is 1. The Bertz CT molecular complexity index is 1270. The van der Waals surface area contributed by atoms with Gasteiger partial charge in [0.1, 0.15) is 5.82 Å². The molecule has 10 heteroatoms. The zero-order valence-electron chi connectivity index (χ0n) is 20.2. The van der Waals surface area contributed by atoms with Crippen molar-refractivity contribution in [1.82, 2.24) is 20.1 Å². The lowest BCUT2D eigenvalue weighted by Crippen LogP contribution is -2.52. The first-order valence-electron chi connectivity index (χ1n) is 12.4. The van der Waals surface area contributed by atoms with Crippen LogP contribution in [0.3, 0.4) is 0 Å². The SMILES string of the molecule is CO[C@H]1CN(c2ccc(Nc3ccc(-c4cnn5c4CCCC5)c4c3C(=O)NC4)nc2)[C@H](CO)CO1. The monoisotopic (exact) mass is 490 g/mol. The summed E-state index contributed by atoms with van der Waals surface area (Å²) < 4.78 is 13.0. The zero-order valence-corrected chi connectivity index (χ0v) is 20.2. The molecular weight excluding hydrogens is 460 g/mol. The third-order valence-electron chi connectivity index (χ3n) is 7.31. The van der Waals surface area contributed by atoms with E-state index in [1.807, 2.05) is 29.3 Å². The van der Waals surface area contributed by atoms with E-state index in [4.69, 9.17) is 9.47 Å². The number of aliphatic hydroxyl groups excluding tert-OH is 1. The highest BCUT2D eigenvalue weighted by Crippen LogP contribution is 2.37. The summed E-state index contributed by atoms with van der Waals surface area (Å²) in [7, 11) is 1.61. The summed E-state index contributed by atoms with van der Waals surface area (Å²) in [5.41, 5.74) is 6.68. The second-order valence-electron chi connectivity index (χ2n) is 9.40. The number of methoxy groups -OCH3 is 1. The Morgan fingerprint density at radius 2 is 2.14 bits per heavy atom. The van der Waals surface area contributed by atoms with Crippen LogP contribution in [-0.2, 0) is 29.0 Å². The lowest BCUT2D eigenvalue weighted by atomic mass is 9.94. The molecule has 5 heterocycles. The number of benzene rings is 1. The molecule has 2 atom stereocenters. The average molecular weight is 491 g/mol. The van der Waals surface area contributed by atoms with Crippen molar-refractivity contribution in [2.45, 2.75) is 44.7 Å². The highest BCUT2D eigenvalue weighted by molar-refractivity contribution is 6.06. The molecule has 0 unspecified atom stereocenters. The van der Waals surface area contributed by atoms with Crippen LogP contribution in [0.1, 0.15) is 34.5 Å². The number of hydrogen-bond donors (Lipinski definition) is 3.